The largest absolute Gasteiger partial charge is 0.506 e. The van der Waals surface area contributed by atoms with Crippen molar-refractivity contribution in [3.8, 4) is 5.75 Å². The van der Waals surface area contributed by atoms with Crippen molar-refractivity contribution >= 4 is 23.1 Å². The van der Waals surface area contributed by atoms with E-state index in [4.69, 9.17) is 0 Å². The van der Waals surface area contributed by atoms with Crippen molar-refractivity contribution in [3.63, 3.8) is 0 Å². The summed E-state index contributed by atoms with van der Waals surface area (Å²) in [6, 6.07) is 19.2. The minimum Gasteiger partial charge on any atom is -0.506 e. The fourth-order valence-electron chi connectivity index (χ4n) is 5.74. The fourth-order valence-corrected chi connectivity index (χ4v) is 5.74. The molecule has 6 heteroatoms. The number of allylic oxidation sites excluding steroid dienone is 1. The van der Waals surface area contributed by atoms with E-state index in [1.54, 1.807) is 38.1 Å². The molecule has 0 fully saturated rings. The minimum absolute atomic E-state index is 0.0332. The summed E-state index contributed by atoms with van der Waals surface area (Å²) in [4.78, 5) is 29.1. The first-order valence-electron chi connectivity index (χ1n) is 13.6. The smallest absolute Gasteiger partial charge is 0.230 e. The van der Waals surface area contributed by atoms with Crippen LogP contribution in [0.4, 0.5) is 15.8 Å². The molecule has 0 saturated carbocycles. The number of hydrogen-bond donors (Lipinski definition) is 2. The highest BCUT2D eigenvalue weighted by Crippen LogP contribution is 2.51. The molecule has 2 aliphatic rings. The molecule has 1 unspecified atom stereocenters. The Morgan fingerprint density at radius 3 is 2.44 bits per heavy atom. The van der Waals surface area contributed by atoms with Gasteiger partial charge in [0.1, 0.15) is 17.3 Å². The summed E-state index contributed by atoms with van der Waals surface area (Å²) in [7, 11) is 0. The van der Waals surface area contributed by atoms with Gasteiger partial charge in [0.2, 0.25) is 5.91 Å². The molecular weight excluding hydrogens is 491 g/mol. The summed E-state index contributed by atoms with van der Waals surface area (Å²) in [5.41, 5.74) is 3.74. The second-order valence-electron chi connectivity index (χ2n) is 11.7. The lowest BCUT2D eigenvalue weighted by atomic mass is 9.73. The summed E-state index contributed by atoms with van der Waals surface area (Å²) in [6.45, 7) is 7.59. The highest BCUT2D eigenvalue weighted by atomic mass is 19.1. The summed E-state index contributed by atoms with van der Waals surface area (Å²) in [5.74, 6) is -1.30. The molecule has 0 saturated heterocycles. The van der Waals surface area contributed by atoms with E-state index in [0.717, 1.165) is 12.0 Å². The zero-order valence-electron chi connectivity index (χ0n) is 22.9. The Bertz CT molecular complexity index is 1460. The van der Waals surface area contributed by atoms with Crippen LogP contribution in [0.5, 0.6) is 5.75 Å². The topological polar surface area (TPSA) is 69.6 Å². The summed E-state index contributed by atoms with van der Waals surface area (Å²) >= 11 is 0. The third-order valence-corrected chi connectivity index (χ3v) is 7.64. The lowest BCUT2D eigenvalue weighted by Crippen LogP contribution is -2.41. The first-order chi connectivity index (χ1) is 18.6. The number of aromatic hydroxyl groups is 1. The maximum Gasteiger partial charge on any atom is 0.230 e. The number of anilines is 2. The molecule has 39 heavy (non-hydrogen) atoms. The van der Waals surface area contributed by atoms with Gasteiger partial charge in [0, 0.05) is 29.2 Å². The number of hydrogen-bond acceptors (Lipinski definition) is 4. The van der Waals surface area contributed by atoms with Crippen molar-refractivity contribution in [2.75, 3.05) is 10.2 Å². The number of halogens is 1. The Hall–Kier alpha value is -3.93. The van der Waals surface area contributed by atoms with Crippen LogP contribution in [-0.2, 0) is 22.4 Å². The Kier molecular flexibility index (Phi) is 7.06. The Labute approximate surface area is 229 Å². The van der Waals surface area contributed by atoms with Crippen molar-refractivity contribution in [1.82, 2.24) is 0 Å². The number of carbonyl (C=O) groups excluding carboxylic acids is 2. The number of Topliss-reactive ketones (excluding diaryl/α,β-unsaturated/α-hetero) is 1. The van der Waals surface area contributed by atoms with Gasteiger partial charge in [-0.2, -0.15) is 0 Å². The van der Waals surface area contributed by atoms with Gasteiger partial charge in [-0.3, -0.25) is 14.5 Å². The number of fused-ring (bicyclic) bond motifs is 1. The predicted molar refractivity (Wildman–Crippen MR) is 152 cm³/mol. The van der Waals surface area contributed by atoms with Crippen molar-refractivity contribution in [3.05, 3.63) is 101 Å². The van der Waals surface area contributed by atoms with E-state index in [-0.39, 0.29) is 34.8 Å². The molecule has 0 bridgehead atoms. The third-order valence-electron chi connectivity index (χ3n) is 7.64. The normalized spacial score (nSPS) is 18.4. The number of aryl methyl sites for hydroxylation is 2. The van der Waals surface area contributed by atoms with Gasteiger partial charge in [-0.25, -0.2) is 4.39 Å². The van der Waals surface area contributed by atoms with Crippen LogP contribution >= 0.6 is 0 Å². The van der Waals surface area contributed by atoms with Crippen LogP contribution in [0.2, 0.25) is 0 Å². The summed E-state index contributed by atoms with van der Waals surface area (Å²) in [5, 5.41) is 14.1. The van der Waals surface area contributed by atoms with Gasteiger partial charge in [-0.1, -0.05) is 76.2 Å². The van der Waals surface area contributed by atoms with Crippen molar-refractivity contribution < 1.29 is 19.1 Å². The summed E-state index contributed by atoms with van der Waals surface area (Å²) < 4.78 is 16.1. The van der Waals surface area contributed by atoms with Crippen LogP contribution in [0, 0.1) is 17.2 Å². The van der Waals surface area contributed by atoms with Gasteiger partial charge in [0.15, 0.2) is 5.78 Å². The lowest BCUT2D eigenvalue weighted by molar-refractivity contribution is -0.122. The molecule has 1 atom stereocenters. The average molecular weight is 527 g/mol. The van der Waals surface area contributed by atoms with Crippen LogP contribution < -0.4 is 10.2 Å². The zero-order chi connectivity index (χ0) is 27.9. The maximum atomic E-state index is 16.1. The highest BCUT2D eigenvalue weighted by molar-refractivity contribution is 6.07. The second-order valence-corrected chi connectivity index (χ2v) is 11.7. The minimum atomic E-state index is -0.961. The van der Waals surface area contributed by atoms with Crippen molar-refractivity contribution in [2.45, 2.75) is 59.4 Å². The maximum absolute atomic E-state index is 16.1. The van der Waals surface area contributed by atoms with E-state index < -0.39 is 17.8 Å². The third kappa shape index (κ3) is 5.20. The number of nitrogens with zero attached hydrogens (tertiary/aromatic N) is 1. The fraction of sp³-hybridized carbons (Fsp3) is 0.333. The SMILES string of the molecule is CC(C)C(=O)N1c2cccc(O)c2NC2=C(C(=O)CC(C)(C)C2)C1c1ccc(CCc2ccccc2)cc1F. The van der Waals surface area contributed by atoms with Gasteiger partial charge >= 0.3 is 0 Å². The lowest BCUT2D eigenvalue weighted by Gasteiger charge is -2.37. The molecule has 1 amide bonds. The molecule has 1 aliphatic heterocycles. The van der Waals surface area contributed by atoms with Crippen molar-refractivity contribution in [2.24, 2.45) is 11.3 Å². The Balaban J connectivity index is 1.66. The van der Waals surface area contributed by atoms with Crippen LogP contribution in [0.3, 0.4) is 0 Å². The van der Waals surface area contributed by atoms with Crippen LogP contribution in [0.1, 0.15) is 63.3 Å². The van der Waals surface area contributed by atoms with Gasteiger partial charge in [-0.15, -0.1) is 0 Å². The molecule has 5 rings (SSSR count). The molecular formula is C33H35FN2O3. The molecule has 2 N–H and O–H groups in total. The quantitative estimate of drug-likeness (QED) is 0.348. The molecule has 1 heterocycles. The summed E-state index contributed by atoms with van der Waals surface area (Å²) in [6.07, 6.45) is 2.26. The Morgan fingerprint density at radius 1 is 1.03 bits per heavy atom. The van der Waals surface area contributed by atoms with E-state index in [2.05, 4.69) is 17.4 Å². The first-order valence-corrected chi connectivity index (χ1v) is 13.6. The van der Waals surface area contributed by atoms with Gasteiger partial charge < -0.3 is 10.4 Å². The molecule has 0 radical (unpaired) electrons. The van der Waals surface area contributed by atoms with E-state index in [1.807, 2.05) is 38.1 Å². The Morgan fingerprint density at radius 2 is 1.74 bits per heavy atom. The number of carbonyl (C=O) groups is 2. The van der Waals surface area contributed by atoms with E-state index in [9.17, 15) is 14.7 Å². The number of amides is 1. The molecule has 0 spiro atoms. The number of benzene rings is 3. The second kappa shape index (κ2) is 10.3. The molecule has 0 aromatic heterocycles. The van der Waals surface area contributed by atoms with E-state index >= 15 is 4.39 Å². The molecule has 202 valence electrons. The standard InChI is InChI=1S/C33H35FN2O3/c1-20(2)32(39)36-26-11-8-12-27(37)30(26)35-25-18-33(3,4)19-28(38)29(25)31(36)23-16-15-22(17-24(23)34)14-13-21-9-6-5-7-10-21/h5-12,15-17,20,31,35,37H,13-14,18-19H2,1-4H3. The van der Waals surface area contributed by atoms with Crippen LogP contribution in [0.15, 0.2) is 78.0 Å². The number of para-hydroxylation sites is 1. The van der Waals surface area contributed by atoms with Gasteiger partial charge in [-0.05, 0) is 54.0 Å². The number of phenols is 1. The van der Waals surface area contributed by atoms with Gasteiger partial charge in [0.25, 0.3) is 0 Å². The number of phenolic OH excluding ortho intramolecular Hbond substituents is 1. The molecule has 5 nitrogen and oxygen atoms in total. The number of nitrogens with one attached hydrogen (secondary N) is 1. The van der Waals surface area contributed by atoms with Crippen LogP contribution in [-0.4, -0.2) is 16.8 Å². The van der Waals surface area contributed by atoms with Gasteiger partial charge in [0.05, 0.1) is 11.7 Å². The highest BCUT2D eigenvalue weighted by Gasteiger charge is 2.44. The van der Waals surface area contributed by atoms with Crippen LogP contribution in [0.25, 0.3) is 0 Å². The predicted octanol–water partition coefficient (Wildman–Crippen LogP) is 7.12. The molecule has 1 aliphatic carbocycles. The van der Waals surface area contributed by atoms with Crippen molar-refractivity contribution in [1.29, 1.82) is 0 Å². The first kappa shape index (κ1) is 26.7. The number of rotatable bonds is 5. The zero-order valence-corrected chi connectivity index (χ0v) is 22.9. The molecule has 3 aromatic rings. The van der Waals surface area contributed by atoms with E-state index in [1.165, 1.54) is 16.5 Å². The monoisotopic (exact) mass is 526 g/mol. The average Bonchev–Trinajstić information content (AvgIpc) is 3.02. The molecule has 3 aromatic carbocycles. The van der Waals surface area contributed by atoms with E-state index in [0.29, 0.717) is 35.5 Å². The number of ketones is 1.